The first kappa shape index (κ1) is 35.9. The molecule has 0 unspecified atom stereocenters. The Morgan fingerprint density at radius 1 is 0.516 bits per heavy atom. The Labute approximate surface area is 364 Å². The summed E-state index contributed by atoms with van der Waals surface area (Å²) >= 11 is 0. The first-order chi connectivity index (χ1) is 30.2. The number of hydrogen-bond acceptors (Lipinski definition) is 3. The second-order valence-corrected chi connectivity index (χ2v) is 19.5. The number of para-hydroxylation sites is 3. The Morgan fingerprint density at radius 3 is 1.97 bits per heavy atom. The molecule has 0 atom stereocenters. The van der Waals surface area contributed by atoms with Crippen LogP contribution in [-0.2, 0) is 16.2 Å². The van der Waals surface area contributed by atoms with Gasteiger partial charge in [0, 0.05) is 33.7 Å². The molecule has 0 bridgehead atoms. The zero-order chi connectivity index (χ0) is 41.7. The molecule has 8 aromatic carbocycles. The van der Waals surface area contributed by atoms with Gasteiger partial charge in [0.15, 0.2) is 0 Å². The summed E-state index contributed by atoms with van der Waals surface area (Å²) in [7, 11) is 0. The van der Waals surface area contributed by atoms with Crippen molar-refractivity contribution in [1.82, 2.24) is 0 Å². The standard InChI is InChI=1S/C58H47BN2O/c1-36-33-42-40-28-30-51-52(41-21-12-15-26-50(41)62-51)54(40)61(39-27-29-43-46(35-39)57(4,5)32-31-56(43,2)3)59-47-24-16-23-45-55(47)60(49(34-36)53(42)59)48-25-14-13-22-44(48)58(45,37-17-8-6-9-18-37)38-19-10-7-11-20-38/h6-30,33-35H,31-32H2,1-5H3. The van der Waals surface area contributed by atoms with Crippen molar-refractivity contribution < 1.29 is 4.42 Å². The topological polar surface area (TPSA) is 19.6 Å². The lowest BCUT2D eigenvalue weighted by molar-refractivity contribution is 0.332. The molecule has 3 aliphatic heterocycles. The highest BCUT2D eigenvalue weighted by Gasteiger charge is 2.53. The van der Waals surface area contributed by atoms with Gasteiger partial charge in [0.2, 0.25) is 0 Å². The molecule has 4 heterocycles. The Hall–Kier alpha value is -6.78. The molecule has 1 aliphatic carbocycles. The van der Waals surface area contributed by atoms with Gasteiger partial charge in [-0.05, 0) is 128 Å². The van der Waals surface area contributed by atoms with Crippen molar-refractivity contribution in [3.8, 4) is 11.1 Å². The summed E-state index contributed by atoms with van der Waals surface area (Å²) in [6.45, 7) is 11.9. The first-order valence-electron chi connectivity index (χ1n) is 22.3. The first-order valence-corrected chi connectivity index (χ1v) is 22.3. The predicted octanol–water partition coefficient (Wildman–Crippen LogP) is 13.6. The van der Waals surface area contributed by atoms with Gasteiger partial charge >= 0.3 is 6.85 Å². The summed E-state index contributed by atoms with van der Waals surface area (Å²) in [5, 5.41) is 2.32. The number of hydrogen-bond donors (Lipinski definition) is 0. The van der Waals surface area contributed by atoms with Crippen molar-refractivity contribution in [1.29, 1.82) is 0 Å². The van der Waals surface area contributed by atoms with Crippen molar-refractivity contribution in [2.75, 3.05) is 9.71 Å². The van der Waals surface area contributed by atoms with Crippen molar-refractivity contribution in [2.45, 2.75) is 63.7 Å². The Kier molecular flexibility index (Phi) is 7.20. The van der Waals surface area contributed by atoms with E-state index in [1.807, 2.05) is 0 Å². The van der Waals surface area contributed by atoms with Gasteiger partial charge in [-0.25, -0.2) is 0 Å². The van der Waals surface area contributed by atoms with E-state index in [4.69, 9.17) is 4.42 Å². The van der Waals surface area contributed by atoms with Gasteiger partial charge in [0.05, 0.1) is 16.5 Å². The van der Waals surface area contributed by atoms with Gasteiger partial charge in [-0.3, -0.25) is 0 Å². The van der Waals surface area contributed by atoms with Crippen LogP contribution in [0, 0.1) is 6.92 Å². The van der Waals surface area contributed by atoms with E-state index >= 15 is 0 Å². The van der Waals surface area contributed by atoms with Crippen LogP contribution in [0.2, 0.25) is 0 Å². The third-order valence-corrected chi connectivity index (χ3v) is 15.2. The highest BCUT2D eigenvalue weighted by Crippen LogP contribution is 2.60. The molecule has 3 nitrogen and oxygen atoms in total. The van der Waals surface area contributed by atoms with Gasteiger partial charge in [0.1, 0.15) is 11.2 Å². The maximum atomic E-state index is 6.73. The monoisotopic (exact) mass is 798 g/mol. The van der Waals surface area contributed by atoms with Gasteiger partial charge in [-0.2, -0.15) is 0 Å². The van der Waals surface area contributed by atoms with Crippen LogP contribution in [-0.4, -0.2) is 6.85 Å². The minimum Gasteiger partial charge on any atom is -0.456 e. The largest absolute Gasteiger partial charge is 0.456 e. The molecule has 0 spiro atoms. The van der Waals surface area contributed by atoms with Crippen molar-refractivity contribution >= 4 is 68.1 Å². The lowest BCUT2D eigenvalue weighted by Gasteiger charge is -2.52. The summed E-state index contributed by atoms with van der Waals surface area (Å²) in [6.07, 6.45) is 2.33. The molecule has 4 aliphatic rings. The highest BCUT2D eigenvalue weighted by atomic mass is 16.3. The average Bonchev–Trinajstić information content (AvgIpc) is 3.68. The van der Waals surface area contributed by atoms with Crippen LogP contribution in [0.3, 0.4) is 0 Å². The fourth-order valence-corrected chi connectivity index (χ4v) is 12.3. The van der Waals surface area contributed by atoms with Gasteiger partial charge in [-0.1, -0.05) is 155 Å². The molecule has 62 heavy (non-hydrogen) atoms. The quantitative estimate of drug-likeness (QED) is 0.166. The van der Waals surface area contributed by atoms with Crippen LogP contribution in [0.15, 0.2) is 174 Å². The smallest absolute Gasteiger partial charge is 0.333 e. The molecule has 0 radical (unpaired) electrons. The molecule has 0 fully saturated rings. The fourth-order valence-electron chi connectivity index (χ4n) is 12.3. The van der Waals surface area contributed by atoms with E-state index in [0.29, 0.717) is 0 Å². The molecule has 0 amide bonds. The normalized spacial score (nSPS) is 17.0. The van der Waals surface area contributed by atoms with Gasteiger partial charge < -0.3 is 14.1 Å². The van der Waals surface area contributed by atoms with E-state index < -0.39 is 5.41 Å². The Morgan fingerprint density at radius 2 is 1.19 bits per heavy atom. The minimum atomic E-state index is -0.571. The van der Waals surface area contributed by atoms with Crippen LogP contribution in [0.5, 0.6) is 0 Å². The van der Waals surface area contributed by atoms with E-state index in [1.165, 1.54) is 101 Å². The zero-order valence-corrected chi connectivity index (χ0v) is 36.0. The highest BCUT2D eigenvalue weighted by molar-refractivity contribution is 6.94. The lowest BCUT2D eigenvalue weighted by Crippen LogP contribution is -2.63. The number of benzene rings is 8. The molecular formula is C58H47BN2O. The second-order valence-electron chi connectivity index (χ2n) is 19.5. The third kappa shape index (κ3) is 4.57. The van der Waals surface area contributed by atoms with Gasteiger partial charge in [0.25, 0.3) is 0 Å². The van der Waals surface area contributed by atoms with E-state index in [9.17, 15) is 0 Å². The molecular weight excluding hydrogens is 751 g/mol. The van der Waals surface area contributed by atoms with E-state index in [-0.39, 0.29) is 17.7 Å². The van der Waals surface area contributed by atoms with E-state index in [2.05, 4.69) is 214 Å². The number of rotatable bonds is 3. The summed E-state index contributed by atoms with van der Waals surface area (Å²) < 4.78 is 6.73. The van der Waals surface area contributed by atoms with Crippen LogP contribution in [0.1, 0.15) is 79.5 Å². The molecule has 0 saturated carbocycles. The molecule has 298 valence electrons. The minimum absolute atomic E-state index is 0.0396. The maximum absolute atomic E-state index is 6.73. The van der Waals surface area contributed by atoms with Crippen LogP contribution in [0.25, 0.3) is 33.1 Å². The summed E-state index contributed by atoms with van der Waals surface area (Å²) in [5.41, 5.74) is 22.0. The lowest BCUT2D eigenvalue weighted by atomic mass is 9.42. The molecule has 4 heteroatoms. The van der Waals surface area contributed by atoms with Crippen LogP contribution in [0.4, 0.5) is 28.4 Å². The van der Waals surface area contributed by atoms with Gasteiger partial charge in [-0.15, -0.1) is 0 Å². The van der Waals surface area contributed by atoms with E-state index in [1.54, 1.807) is 0 Å². The van der Waals surface area contributed by atoms with Crippen molar-refractivity contribution in [3.63, 3.8) is 0 Å². The zero-order valence-electron chi connectivity index (χ0n) is 36.0. The summed E-state index contributed by atoms with van der Waals surface area (Å²) in [6, 6.07) is 64.3. The summed E-state index contributed by atoms with van der Waals surface area (Å²) in [4.78, 5) is 5.35. The maximum Gasteiger partial charge on any atom is 0.333 e. The summed E-state index contributed by atoms with van der Waals surface area (Å²) in [5.74, 6) is 0. The SMILES string of the molecule is Cc1cc2c3c(c1)N1c4ccccc4C(c4ccccc4)(c4ccccc4)c4cccc(c41)B3N(c1ccc3c(c1)C(C)(C)CCC3(C)C)c1c-2ccc2oc3ccccc3c12. The number of fused-ring (bicyclic) bond motifs is 11. The fraction of sp³-hybridized carbons (Fsp3) is 0.172. The predicted molar refractivity (Wildman–Crippen MR) is 259 cm³/mol. The third-order valence-electron chi connectivity index (χ3n) is 15.2. The molecule has 1 aromatic heterocycles. The molecule has 0 saturated heterocycles. The average molecular weight is 799 g/mol. The van der Waals surface area contributed by atoms with Crippen molar-refractivity contribution in [3.05, 3.63) is 209 Å². The van der Waals surface area contributed by atoms with Crippen molar-refractivity contribution in [2.24, 2.45) is 0 Å². The number of aryl methyl sites for hydroxylation is 1. The number of nitrogens with zero attached hydrogens (tertiary/aromatic N) is 2. The number of furan rings is 1. The Bertz CT molecular complexity index is 3300. The Balaban J connectivity index is 1.20. The molecule has 13 rings (SSSR count). The second kappa shape index (κ2) is 12.4. The molecule has 9 aromatic rings. The van der Waals surface area contributed by atoms with Crippen LogP contribution >= 0.6 is 0 Å². The van der Waals surface area contributed by atoms with E-state index in [0.717, 1.165) is 23.0 Å². The number of anilines is 5. The van der Waals surface area contributed by atoms with Crippen LogP contribution < -0.4 is 20.6 Å². The molecule has 0 N–H and O–H groups in total.